The first-order chi connectivity index (χ1) is 12.4. The average Bonchev–Trinajstić information content (AvgIpc) is 3.15. The molecule has 3 heterocycles. The van der Waals surface area contributed by atoms with Gasteiger partial charge in [0, 0.05) is 32.0 Å². The number of piperidine rings is 1. The van der Waals surface area contributed by atoms with Gasteiger partial charge in [0.25, 0.3) is 5.91 Å². The van der Waals surface area contributed by atoms with Gasteiger partial charge in [-0.3, -0.25) is 4.79 Å². The van der Waals surface area contributed by atoms with E-state index in [1.165, 1.54) is 11.3 Å². The van der Waals surface area contributed by atoms with E-state index in [2.05, 4.69) is 18.8 Å². The van der Waals surface area contributed by atoms with Gasteiger partial charge in [-0.15, -0.1) is 0 Å². The number of nitrogens with two attached hydrogens (primary N) is 1. The molecule has 3 rings (SSSR count). The van der Waals surface area contributed by atoms with E-state index in [1.54, 1.807) is 0 Å². The maximum Gasteiger partial charge on any atom is 0.410 e. The molecule has 1 spiro atoms. The van der Waals surface area contributed by atoms with Gasteiger partial charge in [-0.1, -0.05) is 31.6 Å². The number of hydrogen-bond acceptors (Lipinski definition) is 6. The van der Waals surface area contributed by atoms with Gasteiger partial charge < -0.3 is 20.3 Å². The Hall–Kier alpha value is -1.83. The number of nitrogen functional groups attached to an aromatic ring is 1. The number of aromatic nitrogens is 1. The molecule has 0 bridgehead atoms. The summed E-state index contributed by atoms with van der Waals surface area (Å²) in [6.07, 6.45) is 3.84. The molecule has 1 aromatic heterocycles. The SMILES string of the molecule is CCC[C@@H](C)N1CC2(CCN(C(=O)c3sc(N)nc3CC)CC2)OC1=O. The fraction of sp³-hybridized carbons (Fsp3) is 0.722. The van der Waals surface area contributed by atoms with Crippen molar-refractivity contribution in [1.29, 1.82) is 0 Å². The Kier molecular flexibility index (Phi) is 5.41. The third-order valence-electron chi connectivity index (χ3n) is 5.44. The van der Waals surface area contributed by atoms with Crippen LogP contribution in [0.15, 0.2) is 0 Å². The summed E-state index contributed by atoms with van der Waals surface area (Å²) in [4.78, 5) is 33.7. The minimum atomic E-state index is -0.448. The summed E-state index contributed by atoms with van der Waals surface area (Å²) in [6.45, 7) is 7.97. The van der Waals surface area contributed by atoms with Crippen LogP contribution < -0.4 is 5.73 Å². The van der Waals surface area contributed by atoms with Crippen LogP contribution in [0.5, 0.6) is 0 Å². The number of anilines is 1. The highest BCUT2D eigenvalue weighted by Crippen LogP contribution is 2.35. The van der Waals surface area contributed by atoms with E-state index >= 15 is 0 Å². The molecule has 0 radical (unpaired) electrons. The summed E-state index contributed by atoms with van der Waals surface area (Å²) >= 11 is 1.26. The van der Waals surface area contributed by atoms with E-state index in [1.807, 2.05) is 16.7 Å². The van der Waals surface area contributed by atoms with Crippen LogP contribution in [0, 0.1) is 0 Å². The second kappa shape index (κ2) is 7.42. The van der Waals surface area contributed by atoms with E-state index in [4.69, 9.17) is 10.5 Å². The number of hydrogen-bond donors (Lipinski definition) is 1. The first kappa shape index (κ1) is 18.9. The van der Waals surface area contributed by atoms with Gasteiger partial charge in [0.2, 0.25) is 0 Å². The molecule has 0 unspecified atom stereocenters. The smallest absolute Gasteiger partial charge is 0.410 e. The van der Waals surface area contributed by atoms with E-state index in [0.29, 0.717) is 48.9 Å². The minimum Gasteiger partial charge on any atom is -0.441 e. The molecule has 1 aromatic rings. The number of amides is 2. The number of rotatable bonds is 5. The zero-order valence-electron chi connectivity index (χ0n) is 15.8. The Labute approximate surface area is 158 Å². The Bertz CT molecular complexity index is 682. The van der Waals surface area contributed by atoms with Gasteiger partial charge in [-0.05, 0) is 19.8 Å². The van der Waals surface area contributed by atoms with Crippen LogP contribution >= 0.6 is 11.3 Å². The van der Waals surface area contributed by atoms with Crippen LogP contribution in [0.1, 0.15) is 61.8 Å². The first-order valence-corrected chi connectivity index (χ1v) is 10.2. The Morgan fingerprint density at radius 2 is 2.08 bits per heavy atom. The molecule has 0 aliphatic carbocycles. The largest absolute Gasteiger partial charge is 0.441 e. The molecule has 0 aromatic carbocycles. The number of aryl methyl sites for hydroxylation is 1. The lowest BCUT2D eigenvalue weighted by atomic mass is 9.90. The van der Waals surface area contributed by atoms with Crippen molar-refractivity contribution in [3.8, 4) is 0 Å². The lowest BCUT2D eigenvalue weighted by molar-refractivity contribution is 0.00318. The van der Waals surface area contributed by atoms with Gasteiger partial charge >= 0.3 is 6.09 Å². The van der Waals surface area contributed by atoms with Crippen LogP contribution in [0.3, 0.4) is 0 Å². The molecular weight excluding hydrogens is 352 g/mol. The molecule has 7 nitrogen and oxygen atoms in total. The number of carbonyl (C=O) groups excluding carboxylic acids is 2. The van der Waals surface area contributed by atoms with Crippen molar-refractivity contribution < 1.29 is 14.3 Å². The third-order valence-corrected chi connectivity index (χ3v) is 6.36. The van der Waals surface area contributed by atoms with Crippen molar-refractivity contribution in [2.45, 2.75) is 64.5 Å². The second-order valence-corrected chi connectivity index (χ2v) is 8.32. The molecule has 26 heavy (non-hydrogen) atoms. The average molecular weight is 381 g/mol. The van der Waals surface area contributed by atoms with Gasteiger partial charge in [0.15, 0.2) is 5.13 Å². The fourth-order valence-corrected chi connectivity index (χ4v) is 4.75. The maximum atomic E-state index is 12.8. The lowest BCUT2D eigenvalue weighted by Gasteiger charge is -2.37. The van der Waals surface area contributed by atoms with Crippen molar-refractivity contribution in [2.75, 3.05) is 25.4 Å². The number of likely N-dealkylation sites (tertiary alicyclic amines) is 1. The van der Waals surface area contributed by atoms with Gasteiger partial charge in [-0.2, -0.15) is 0 Å². The summed E-state index contributed by atoms with van der Waals surface area (Å²) < 4.78 is 5.77. The number of nitrogens with zero attached hydrogens (tertiary/aromatic N) is 3. The van der Waals surface area contributed by atoms with Crippen molar-refractivity contribution >= 4 is 28.5 Å². The number of carbonyl (C=O) groups is 2. The Balaban J connectivity index is 1.64. The monoisotopic (exact) mass is 380 g/mol. The topological polar surface area (TPSA) is 88.8 Å². The summed E-state index contributed by atoms with van der Waals surface area (Å²) in [5, 5.41) is 0.434. The molecule has 2 aliphatic rings. The van der Waals surface area contributed by atoms with Crippen molar-refractivity contribution in [3.05, 3.63) is 10.6 Å². The predicted octanol–water partition coefficient (Wildman–Crippen LogP) is 2.90. The molecule has 2 fully saturated rings. The van der Waals surface area contributed by atoms with Crippen LogP contribution in [-0.4, -0.2) is 58.1 Å². The highest BCUT2D eigenvalue weighted by molar-refractivity contribution is 7.17. The number of thiazole rings is 1. The molecular formula is C18H28N4O3S. The van der Waals surface area contributed by atoms with Crippen molar-refractivity contribution in [1.82, 2.24) is 14.8 Å². The molecule has 2 amide bonds. The minimum absolute atomic E-state index is 0.00793. The Morgan fingerprint density at radius 3 is 2.69 bits per heavy atom. The van der Waals surface area contributed by atoms with E-state index in [-0.39, 0.29) is 18.0 Å². The third kappa shape index (κ3) is 3.51. The quantitative estimate of drug-likeness (QED) is 0.848. The van der Waals surface area contributed by atoms with Crippen LogP contribution in [0.25, 0.3) is 0 Å². The maximum absolute atomic E-state index is 12.8. The molecule has 8 heteroatoms. The van der Waals surface area contributed by atoms with Crippen molar-refractivity contribution in [2.24, 2.45) is 0 Å². The highest BCUT2D eigenvalue weighted by atomic mass is 32.1. The molecule has 2 aliphatic heterocycles. The summed E-state index contributed by atoms with van der Waals surface area (Å²) in [5.41, 5.74) is 6.09. The Morgan fingerprint density at radius 1 is 1.38 bits per heavy atom. The molecule has 2 N–H and O–H groups in total. The highest BCUT2D eigenvalue weighted by Gasteiger charge is 2.48. The van der Waals surface area contributed by atoms with Crippen molar-refractivity contribution in [3.63, 3.8) is 0 Å². The van der Waals surface area contributed by atoms with Crippen LogP contribution in [0.2, 0.25) is 0 Å². The van der Waals surface area contributed by atoms with Gasteiger partial charge in [0.05, 0.1) is 12.2 Å². The van der Waals surface area contributed by atoms with Crippen LogP contribution in [0.4, 0.5) is 9.93 Å². The molecule has 2 saturated heterocycles. The van der Waals surface area contributed by atoms with Gasteiger partial charge in [-0.25, -0.2) is 9.78 Å². The predicted molar refractivity (Wildman–Crippen MR) is 101 cm³/mol. The van der Waals surface area contributed by atoms with E-state index < -0.39 is 5.60 Å². The van der Waals surface area contributed by atoms with Crippen LogP contribution in [-0.2, 0) is 11.2 Å². The second-order valence-electron chi connectivity index (χ2n) is 7.29. The van der Waals surface area contributed by atoms with E-state index in [9.17, 15) is 9.59 Å². The summed E-state index contributed by atoms with van der Waals surface area (Å²) in [5.74, 6) is -0.00793. The molecule has 0 saturated carbocycles. The summed E-state index contributed by atoms with van der Waals surface area (Å²) in [6, 6.07) is 0.193. The molecule has 144 valence electrons. The molecule has 1 atom stereocenters. The standard InChI is InChI=1S/C18H28N4O3S/c1-4-6-12(3)22-11-18(25-17(22)24)7-9-21(10-8-18)15(23)14-13(5-2)20-16(19)26-14/h12H,4-11H2,1-3H3,(H2,19,20)/t12-/m1/s1. The van der Waals surface area contributed by atoms with E-state index in [0.717, 1.165) is 18.5 Å². The van der Waals surface area contributed by atoms with Gasteiger partial charge in [0.1, 0.15) is 10.5 Å². The fourth-order valence-electron chi connectivity index (χ4n) is 3.86. The zero-order valence-corrected chi connectivity index (χ0v) is 16.6. The zero-order chi connectivity index (χ0) is 18.9. The normalized spacial score (nSPS) is 20.5. The summed E-state index contributed by atoms with van der Waals surface area (Å²) in [7, 11) is 0. The first-order valence-electron chi connectivity index (χ1n) is 9.43. The number of ether oxygens (including phenoxy) is 1. The lowest BCUT2D eigenvalue weighted by Crippen LogP contribution is -2.49.